The van der Waals surface area contributed by atoms with Gasteiger partial charge in [0.15, 0.2) is 0 Å². The number of nitrogens with zero attached hydrogens (tertiary/aromatic N) is 1. The molecular weight excluding hydrogens is 272 g/mol. The molecule has 1 saturated heterocycles. The van der Waals surface area contributed by atoms with Crippen molar-refractivity contribution in [3.63, 3.8) is 0 Å². The lowest BCUT2D eigenvalue weighted by molar-refractivity contribution is -0.139. The molecule has 1 aromatic heterocycles. The van der Waals surface area contributed by atoms with Crippen LogP contribution in [-0.4, -0.2) is 29.3 Å². The Morgan fingerprint density at radius 3 is 2.65 bits per heavy atom. The van der Waals surface area contributed by atoms with Gasteiger partial charge in [-0.25, -0.2) is 0 Å². The maximum atomic E-state index is 12.5. The average molecular weight is 294 g/mol. The Labute approximate surface area is 124 Å². The van der Waals surface area contributed by atoms with Gasteiger partial charge >= 0.3 is 0 Å². The van der Waals surface area contributed by atoms with Crippen LogP contribution in [0.3, 0.4) is 0 Å². The molecule has 2 amide bonds. The molecule has 0 saturated carbocycles. The van der Waals surface area contributed by atoms with Crippen molar-refractivity contribution in [1.82, 2.24) is 10.2 Å². The fraction of sp³-hybridized carbons (Fsp3) is 0.600. The molecule has 5 heteroatoms. The standard InChI is InChI=1S/C15H22N2O2S/c1-10(2)14(17-8-4-7-13(17)18)15(19)16-11(3)12-6-5-9-20-12/h5-6,9-11,14H,4,7-8H2,1-3H3,(H,16,19)/t11-,14+/m0/s1. The molecule has 0 radical (unpaired) electrons. The Balaban J connectivity index is 2.06. The Kier molecular flexibility index (Phi) is 4.81. The third-order valence-corrected chi connectivity index (χ3v) is 4.73. The molecule has 0 unspecified atom stereocenters. The molecule has 110 valence electrons. The molecule has 1 N–H and O–H groups in total. The molecule has 1 aromatic rings. The van der Waals surface area contributed by atoms with Gasteiger partial charge < -0.3 is 10.2 Å². The topological polar surface area (TPSA) is 49.4 Å². The van der Waals surface area contributed by atoms with Crippen molar-refractivity contribution in [2.24, 2.45) is 5.92 Å². The summed E-state index contributed by atoms with van der Waals surface area (Å²) >= 11 is 1.63. The summed E-state index contributed by atoms with van der Waals surface area (Å²) in [5.74, 6) is 0.173. The molecular formula is C15H22N2O2S. The Hall–Kier alpha value is -1.36. The highest BCUT2D eigenvalue weighted by atomic mass is 32.1. The number of carbonyl (C=O) groups is 2. The third-order valence-electron chi connectivity index (χ3n) is 3.67. The van der Waals surface area contributed by atoms with Crippen molar-refractivity contribution in [3.8, 4) is 0 Å². The van der Waals surface area contributed by atoms with E-state index >= 15 is 0 Å². The maximum absolute atomic E-state index is 12.5. The monoisotopic (exact) mass is 294 g/mol. The number of nitrogens with one attached hydrogen (secondary N) is 1. The van der Waals surface area contributed by atoms with Crippen LogP contribution in [0.5, 0.6) is 0 Å². The smallest absolute Gasteiger partial charge is 0.243 e. The average Bonchev–Trinajstić information content (AvgIpc) is 3.01. The predicted octanol–water partition coefficient (Wildman–Crippen LogP) is 2.57. The Bertz CT molecular complexity index is 470. The van der Waals surface area contributed by atoms with E-state index in [0.717, 1.165) is 11.3 Å². The van der Waals surface area contributed by atoms with E-state index in [0.29, 0.717) is 13.0 Å². The van der Waals surface area contributed by atoms with E-state index < -0.39 is 0 Å². The first-order valence-electron chi connectivity index (χ1n) is 7.14. The Morgan fingerprint density at radius 2 is 2.15 bits per heavy atom. The zero-order valence-electron chi connectivity index (χ0n) is 12.3. The van der Waals surface area contributed by atoms with Gasteiger partial charge in [0.2, 0.25) is 11.8 Å². The van der Waals surface area contributed by atoms with E-state index in [2.05, 4.69) is 5.32 Å². The van der Waals surface area contributed by atoms with E-state index in [1.807, 2.05) is 38.3 Å². The second-order valence-electron chi connectivity index (χ2n) is 5.63. The van der Waals surface area contributed by atoms with Crippen molar-refractivity contribution >= 4 is 23.2 Å². The van der Waals surface area contributed by atoms with Crippen molar-refractivity contribution in [2.75, 3.05) is 6.54 Å². The molecule has 2 atom stereocenters. The summed E-state index contributed by atoms with van der Waals surface area (Å²) in [6.07, 6.45) is 1.42. The number of rotatable bonds is 5. The molecule has 0 aliphatic carbocycles. The van der Waals surface area contributed by atoms with Crippen LogP contribution in [0.25, 0.3) is 0 Å². The molecule has 4 nitrogen and oxygen atoms in total. The van der Waals surface area contributed by atoms with E-state index in [1.165, 1.54) is 0 Å². The minimum absolute atomic E-state index is 0.0125. The first-order valence-corrected chi connectivity index (χ1v) is 8.02. The van der Waals surface area contributed by atoms with E-state index in [1.54, 1.807) is 16.2 Å². The van der Waals surface area contributed by atoms with Crippen LogP contribution in [0.1, 0.15) is 44.5 Å². The van der Waals surface area contributed by atoms with Crippen molar-refractivity contribution in [3.05, 3.63) is 22.4 Å². The predicted molar refractivity (Wildman–Crippen MR) is 80.4 cm³/mol. The highest BCUT2D eigenvalue weighted by Gasteiger charge is 2.35. The number of amides is 2. The minimum Gasteiger partial charge on any atom is -0.347 e. The largest absolute Gasteiger partial charge is 0.347 e. The molecule has 0 spiro atoms. The van der Waals surface area contributed by atoms with Crippen LogP contribution in [0, 0.1) is 5.92 Å². The fourth-order valence-corrected chi connectivity index (χ4v) is 3.41. The van der Waals surface area contributed by atoms with E-state index in [9.17, 15) is 9.59 Å². The lowest BCUT2D eigenvalue weighted by Gasteiger charge is -2.30. The summed E-state index contributed by atoms with van der Waals surface area (Å²) in [7, 11) is 0. The number of likely N-dealkylation sites (tertiary alicyclic amines) is 1. The molecule has 1 aliphatic heterocycles. The number of hydrogen-bond acceptors (Lipinski definition) is 3. The second kappa shape index (κ2) is 6.39. The molecule has 1 fully saturated rings. The van der Waals surface area contributed by atoms with Gasteiger partial charge in [-0.2, -0.15) is 0 Å². The molecule has 2 rings (SSSR count). The third kappa shape index (κ3) is 3.20. The van der Waals surface area contributed by atoms with Gasteiger partial charge in [-0.15, -0.1) is 11.3 Å². The van der Waals surface area contributed by atoms with Gasteiger partial charge in [0.1, 0.15) is 6.04 Å². The van der Waals surface area contributed by atoms with Gasteiger partial charge in [-0.1, -0.05) is 19.9 Å². The lowest BCUT2D eigenvalue weighted by atomic mass is 10.0. The van der Waals surface area contributed by atoms with Crippen LogP contribution < -0.4 is 5.32 Å². The van der Waals surface area contributed by atoms with E-state index in [4.69, 9.17) is 0 Å². The van der Waals surface area contributed by atoms with Gasteiger partial charge in [0.25, 0.3) is 0 Å². The van der Waals surface area contributed by atoms with Crippen LogP contribution in [0.4, 0.5) is 0 Å². The first kappa shape index (κ1) is 15.0. The van der Waals surface area contributed by atoms with Gasteiger partial charge in [0, 0.05) is 17.8 Å². The molecule has 0 bridgehead atoms. The van der Waals surface area contributed by atoms with Gasteiger partial charge in [-0.05, 0) is 30.7 Å². The quantitative estimate of drug-likeness (QED) is 0.907. The van der Waals surface area contributed by atoms with Crippen LogP contribution in [0.2, 0.25) is 0 Å². The highest BCUT2D eigenvalue weighted by Crippen LogP contribution is 2.22. The summed E-state index contributed by atoms with van der Waals surface area (Å²) < 4.78 is 0. The van der Waals surface area contributed by atoms with Crippen LogP contribution >= 0.6 is 11.3 Å². The maximum Gasteiger partial charge on any atom is 0.243 e. The van der Waals surface area contributed by atoms with Crippen molar-refractivity contribution < 1.29 is 9.59 Å². The Morgan fingerprint density at radius 1 is 1.40 bits per heavy atom. The van der Waals surface area contributed by atoms with Crippen LogP contribution in [0.15, 0.2) is 17.5 Å². The summed E-state index contributed by atoms with van der Waals surface area (Å²) in [4.78, 5) is 27.3. The number of carbonyl (C=O) groups excluding carboxylic acids is 2. The SMILES string of the molecule is CC(C)[C@H](C(=O)N[C@@H](C)c1cccs1)N1CCCC1=O. The first-order chi connectivity index (χ1) is 9.50. The normalized spacial score (nSPS) is 18.4. The zero-order chi connectivity index (χ0) is 14.7. The van der Waals surface area contributed by atoms with Gasteiger partial charge in [0.05, 0.1) is 6.04 Å². The summed E-state index contributed by atoms with van der Waals surface area (Å²) in [5.41, 5.74) is 0. The van der Waals surface area contributed by atoms with Crippen molar-refractivity contribution in [1.29, 1.82) is 0 Å². The lowest BCUT2D eigenvalue weighted by Crippen LogP contribution is -2.50. The molecule has 2 heterocycles. The summed E-state index contributed by atoms with van der Waals surface area (Å²) in [6.45, 7) is 6.66. The molecule has 0 aromatic carbocycles. The zero-order valence-corrected chi connectivity index (χ0v) is 13.1. The summed E-state index contributed by atoms with van der Waals surface area (Å²) in [6, 6.07) is 3.63. The molecule has 20 heavy (non-hydrogen) atoms. The van der Waals surface area contributed by atoms with E-state index in [-0.39, 0.29) is 29.8 Å². The van der Waals surface area contributed by atoms with Crippen molar-refractivity contribution in [2.45, 2.75) is 45.7 Å². The minimum atomic E-state index is -0.354. The van der Waals surface area contributed by atoms with Crippen LogP contribution in [-0.2, 0) is 9.59 Å². The highest BCUT2D eigenvalue weighted by molar-refractivity contribution is 7.10. The molecule has 1 aliphatic rings. The summed E-state index contributed by atoms with van der Waals surface area (Å²) in [5, 5.41) is 5.04. The second-order valence-corrected chi connectivity index (χ2v) is 6.60. The number of hydrogen-bond donors (Lipinski definition) is 1. The number of thiophene rings is 1. The van der Waals surface area contributed by atoms with Gasteiger partial charge in [-0.3, -0.25) is 9.59 Å². The fourth-order valence-electron chi connectivity index (χ4n) is 2.67.